The van der Waals surface area contributed by atoms with E-state index in [-0.39, 0.29) is 17.9 Å². The third-order valence-corrected chi connectivity index (χ3v) is 3.90. The van der Waals surface area contributed by atoms with Gasteiger partial charge in [0.2, 0.25) is 0 Å². The van der Waals surface area contributed by atoms with E-state index in [9.17, 15) is 17.8 Å². The van der Waals surface area contributed by atoms with E-state index >= 15 is 0 Å². The Bertz CT molecular complexity index is 463. The van der Waals surface area contributed by atoms with Crippen molar-refractivity contribution in [3.05, 3.63) is 29.8 Å². The predicted octanol–water partition coefficient (Wildman–Crippen LogP) is 2.41. The van der Waals surface area contributed by atoms with Crippen LogP contribution in [0.5, 0.6) is 0 Å². The Kier molecular flexibility index (Phi) is 5.40. The molecule has 0 saturated carbocycles. The molecule has 0 aliphatic carbocycles. The molecule has 0 bridgehead atoms. The lowest BCUT2D eigenvalue weighted by molar-refractivity contribution is -0.143. The summed E-state index contributed by atoms with van der Waals surface area (Å²) < 4.78 is 42.8. The predicted molar refractivity (Wildman–Crippen MR) is 63.5 cm³/mol. The fourth-order valence-electron chi connectivity index (χ4n) is 1.39. The highest BCUT2D eigenvalue weighted by Gasteiger charge is 2.20. The summed E-state index contributed by atoms with van der Waals surface area (Å²) in [5.74, 6) is -2.09. The Hall–Kier alpha value is -1.30. The first-order chi connectivity index (χ1) is 8.45. The molecule has 0 aromatic heterocycles. The summed E-state index contributed by atoms with van der Waals surface area (Å²) in [6.07, 6.45) is -0.0722. The van der Waals surface area contributed by atoms with E-state index in [2.05, 4.69) is 0 Å². The minimum Gasteiger partial charge on any atom is -0.466 e. The van der Waals surface area contributed by atoms with Gasteiger partial charge < -0.3 is 4.74 Å². The van der Waals surface area contributed by atoms with E-state index in [1.165, 1.54) is 0 Å². The monoisotopic (exact) mass is 276 g/mol. The van der Waals surface area contributed by atoms with Crippen LogP contribution < -0.4 is 0 Å². The smallest absolute Gasteiger partial charge is 0.306 e. The fourth-order valence-corrected chi connectivity index (χ4v) is 2.56. The van der Waals surface area contributed by atoms with Gasteiger partial charge in [0.15, 0.2) is 0 Å². The molecule has 18 heavy (non-hydrogen) atoms. The highest BCUT2D eigenvalue weighted by Crippen LogP contribution is 2.18. The summed E-state index contributed by atoms with van der Waals surface area (Å²) in [6.45, 7) is 3.46. The fraction of sp³-hybridized carbons (Fsp3) is 0.417. The minimum atomic E-state index is -1.71. The maximum atomic E-state index is 13.4. The molecule has 100 valence electrons. The van der Waals surface area contributed by atoms with E-state index in [0.29, 0.717) is 6.07 Å². The molecule has 0 amide bonds. The molecule has 0 radical (unpaired) electrons. The van der Waals surface area contributed by atoms with Gasteiger partial charge in [-0.3, -0.25) is 9.00 Å². The molecule has 0 saturated heterocycles. The zero-order valence-corrected chi connectivity index (χ0v) is 10.9. The summed E-state index contributed by atoms with van der Waals surface area (Å²) >= 11 is 0. The van der Waals surface area contributed by atoms with Crippen LogP contribution in [0.25, 0.3) is 0 Å². The second kappa shape index (κ2) is 6.58. The average Bonchev–Trinajstić information content (AvgIpc) is 2.28. The van der Waals surface area contributed by atoms with Crippen molar-refractivity contribution in [2.75, 3.05) is 6.61 Å². The Morgan fingerprint density at radius 3 is 2.67 bits per heavy atom. The van der Waals surface area contributed by atoms with Crippen LogP contribution in [0.15, 0.2) is 23.1 Å². The summed E-state index contributed by atoms with van der Waals surface area (Å²) in [5.41, 5.74) is 0. The number of esters is 1. The summed E-state index contributed by atoms with van der Waals surface area (Å²) in [5, 5.41) is -0.594. The first-order valence-electron chi connectivity index (χ1n) is 5.47. The van der Waals surface area contributed by atoms with Gasteiger partial charge in [0.05, 0.1) is 28.7 Å². The number of ether oxygens (including phenoxy) is 1. The number of rotatable bonds is 5. The molecule has 0 aliphatic heterocycles. The number of hydrogen-bond donors (Lipinski definition) is 0. The summed E-state index contributed by atoms with van der Waals surface area (Å²) in [7, 11) is -1.71. The molecule has 0 N–H and O–H groups in total. The average molecular weight is 276 g/mol. The maximum Gasteiger partial charge on any atom is 0.306 e. The first-order valence-corrected chi connectivity index (χ1v) is 6.68. The molecule has 3 nitrogen and oxygen atoms in total. The van der Waals surface area contributed by atoms with Crippen LogP contribution in [-0.4, -0.2) is 22.0 Å². The molecule has 2 unspecified atom stereocenters. The van der Waals surface area contributed by atoms with Crippen LogP contribution in [0.3, 0.4) is 0 Å². The van der Waals surface area contributed by atoms with Crippen LogP contribution in [0.4, 0.5) is 8.78 Å². The second-order valence-corrected chi connectivity index (χ2v) is 5.53. The molecule has 0 spiro atoms. The molecule has 0 heterocycles. The van der Waals surface area contributed by atoms with Gasteiger partial charge >= 0.3 is 5.97 Å². The van der Waals surface area contributed by atoms with Crippen molar-refractivity contribution in [2.24, 2.45) is 0 Å². The lowest BCUT2D eigenvalue weighted by Crippen LogP contribution is -2.18. The van der Waals surface area contributed by atoms with E-state index in [0.717, 1.165) is 12.1 Å². The van der Waals surface area contributed by atoms with Crippen molar-refractivity contribution in [3.63, 3.8) is 0 Å². The third kappa shape index (κ3) is 3.87. The Morgan fingerprint density at radius 1 is 1.44 bits per heavy atom. The normalized spacial score (nSPS) is 14.0. The topological polar surface area (TPSA) is 43.4 Å². The van der Waals surface area contributed by atoms with Crippen molar-refractivity contribution < 1.29 is 22.5 Å². The van der Waals surface area contributed by atoms with Gasteiger partial charge in [-0.25, -0.2) is 8.78 Å². The largest absolute Gasteiger partial charge is 0.466 e. The number of carbonyl (C=O) groups excluding carboxylic acids is 1. The van der Waals surface area contributed by atoms with Gasteiger partial charge in [-0.2, -0.15) is 0 Å². The maximum absolute atomic E-state index is 13.4. The van der Waals surface area contributed by atoms with Crippen molar-refractivity contribution in [2.45, 2.75) is 30.4 Å². The van der Waals surface area contributed by atoms with Crippen LogP contribution >= 0.6 is 0 Å². The van der Waals surface area contributed by atoms with Crippen LogP contribution in [-0.2, 0) is 20.3 Å². The van der Waals surface area contributed by atoms with Gasteiger partial charge in [-0.1, -0.05) is 0 Å². The van der Waals surface area contributed by atoms with E-state index in [4.69, 9.17) is 4.74 Å². The molecule has 0 fully saturated rings. The lowest BCUT2D eigenvalue weighted by Gasteiger charge is -2.11. The van der Waals surface area contributed by atoms with Crippen LogP contribution in [0, 0.1) is 11.6 Å². The minimum absolute atomic E-state index is 0.0722. The highest BCUT2D eigenvalue weighted by atomic mass is 32.2. The first kappa shape index (κ1) is 14.8. The summed E-state index contributed by atoms with van der Waals surface area (Å²) in [6, 6.07) is 2.83. The Morgan fingerprint density at radius 2 is 2.11 bits per heavy atom. The molecule has 1 aromatic carbocycles. The molecule has 1 aromatic rings. The summed E-state index contributed by atoms with van der Waals surface area (Å²) in [4.78, 5) is 11.1. The third-order valence-electron chi connectivity index (χ3n) is 2.24. The van der Waals surface area contributed by atoms with Crippen LogP contribution in [0.1, 0.15) is 20.3 Å². The van der Waals surface area contributed by atoms with Gasteiger partial charge in [-0.15, -0.1) is 0 Å². The number of halogens is 2. The zero-order chi connectivity index (χ0) is 13.7. The highest BCUT2D eigenvalue weighted by molar-refractivity contribution is 7.85. The second-order valence-electron chi connectivity index (χ2n) is 3.69. The van der Waals surface area contributed by atoms with Crippen molar-refractivity contribution in [1.82, 2.24) is 0 Å². The van der Waals surface area contributed by atoms with Gasteiger partial charge in [-0.05, 0) is 26.0 Å². The van der Waals surface area contributed by atoms with Gasteiger partial charge in [0.1, 0.15) is 11.6 Å². The van der Waals surface area contributed by atoms with Gasteiger partial charge in [0.25, 0.3) is 0 Å². The SMILES string of the molecule is CCOC(=O)CC(C)S(=O)c1ccc(F)cc1F. The molecule has 6 heteroatoms. The van der Waals surface area contributed by atoms with Crippen LogP contribution in [0.2, 0.25) is 0 Å². The van der Waals surface area contributed by atoms with Crippen molar-refractivity contribution >= 4 is 16.8 Å². The van der Waals surface area contributed by atoms with E-state index < -0.39 is 33.7 Å². The van der Waals surface area contributed by atoms with E-state index in [1.807, 2.05) is 0 Å². The molecule has 2 atom stereocenters. The Balaban J connectivity index is 2.77. The van der Waals surface area contributed by atoms with E-state index in [1.54, 1.807) is 13.8 Å². The zero-order valence-electron chi connectivity index (χ0n) is 10.1. The van der Waals surface area contributed by atoms with Crippen molar-refractivity contribution in [3.8, 4) is 0 Å². The van der Waals surface area contributed by atoms with Crippen molar-refractivity contribution in [1.29, 1.82) is 0 Å². The molecular formula is C12H14F2O3S. The quantitative estimate of drug-likeness (QED) is 0.776. The molecule has 1 rings (SSSR count). The molecule has 0 aliphatic rings. The standard InChI is InChI=1S/C12H14F2O3S/c1-3-17-12(15)6-8(2)18(16)11-5-4-9(13)7-10(11)14/h4-5,7-8H,3,6H2,1-2H3. The Labute approximate surface area is 107 Å². The number of carbonyl (C=O) groups is 1. The number of hydrogen-bond acceptors (Lipinski definition) is 3. The van der Waals surface area contributed by atoms with Gasteiger partial charge in [0, 0.05) is 11.3 Å². The molecular weight excluding hydrogens is 262 g/mol. The lowest BCUT2D eigenvalue weighted by atomic mass is 10.3. The number of benzene rings is 1.